The van der Waals surface area contributed by atoms with Crippen molar-refractivity contribution in [1.82, 2.24) is 24.3 Å². The molecule has 0 radical (unpaired) electrons. The first kappa shape index (κ1) is 21.6. The Hall–Kier alpha value is -3.20. The molecule has 0 atom stereocenters. The number of hydrogen-bond donors (Lipinski definition) is 1. The number of halogens is 3. The van der Waals surface area contributed by atoms with Crippen molar-refractivity contribution in [2.24, 2.45) is 0 Å². The Morgan fingerprint density at radius 1 is 1.03 bits per heavy atom. The van der Waals surface area contributed by atoms with Gasteiger partial charge in [0.2, 0.25) is 0 Å². The third kappa shape index (κ3) is 3.70. The lowest BCUT2D eigenvalue weighted by Gasteiger charge is -2.37. The summed E-state index contributed by atoms with van der Waals surface area (Å²) in [5.74, 6) is -1.47. The lowest BCUT2D eigenvalue weighted by Crippen LogP contribution is -2.44. The first-order chi connectivity index (χ1) is 15.6. The van der Waals surface area contributed by atoms with Gasteiger partial charge in [0.05, 0.1) is 11.1 Å². The van der Waals surface area contributed by atoms with Crippen LogP contribution in [0.3, 0.4) is 0 Å². The number of likely N-dealkylation sites (tertiary alicyclic amines) is 1. The fourth-order valence-electron chi connectivity index (χ4n) is 4.55. The molecule has 5 rings (SSSR count). The van der Waals surface area contributed by atoms with Crippen molar-refractivity contribution >= 4 is 16.6 Å². The minimum absolute atomic E-state index is 0.0146. The van der Waals surface area contributed by atoms with Crippen LogP contribution >= 0.6 is 0 Å². The Morgan fingerprint density at radius 2 is 1.73 bits per heavy atom. The van der Waals surface area contributed by atoms with E-state index in [0.29, 0.717) is 36.0 Å². The number of piperidine rings is 1. The zero-order valence-electron chi connectivity index (χ0n) is 18.6. The van der Waals surface area contributed by atoms with Crippen molar-refractivity contribution < 1.29 is 13.2 Å². The SMILES string of the molecule is Cc1cn2cc(-c3cc(F)c4nc(C5(F)CCN(C(C)C)CC5)[nH]c(=O)c4c3)cc(F)c2n1. The van der Waals surface area contributed by atoms with E-state index in [1.165, 1.54) is 22.6 Å². The van der Waals surface area contributed by atoms with Gasteiger partial charge >= 0.3 is 0 Å². The van der Waals surface area contributed by atoms with Gasteiger partial charge in [0.25, 0.3) is 5.56 Å². The van der Waals surface area contributed by atoms with E-state index >= 15 is 8.78 Å². The van der Waals surface area contributed by atoms with E-state index in [2.05, 4.69) is 19.9 Å². The molecule has 1 aliphatic rings. The van der Waals surface area contributed by atoms with Crippen molar-refractivity contribution in [1.29, 1.82) is 0 Å². The molecule has 1 saturated heterocycles. The summed E-state index contributed by atoms with van der Waals surface area (Å²) in [6, 6.07) is 4.18. The molecule has 4 aromatic rings. The summed E-state index contributed by atoms with van der Waals surface area (Å²) in [5, 5.41) is -0.0146. The van der Waals surface area contributed by atoms with Crippen LogP contribution in [0.1, 0.15) is 38.2 Å². The summed E-state index contributed by atoms with van der Waals surface area (Å²) in [4.78, 5) is 25.8. The van der Waals surface area contributed by atoms with Crippen LogP contribution < -0.4 is 5.56 Å². The average molecular weight is 455 g/mol. The standard InChI is InChI=1S/C24H24F3N5O/c1-13(2)31-6-4-24(27,5-7-31)23-29-20-17(22(33)30-23)8-15(9-18(20)25)16-10-19(26)21-28-14(3)11-32(21)12-16/h8-13H,4-7H2,1-3H3,(H,29,30,33). The zero-order chi connectivity index (χ0) is 23.5. The van der Waals surface area contributed by atoms with E-state index in [4.69, 9.17) is 0 Å². The number of aryl methyl sites for hydroxylation is 1. The number of alkyl halides is 1. The Morgan fingerprint density at radius 3 is 2.42 bits per heavy atom. The van der Waals surface area contributed by atoms with Crippen molar-refractivity contribution in [2.45, 2.75) is 45.3 Å². The van der Waals surface area contributed by atoms with Gasteiger partial charge in [-0.3, -0.25) is 4.79 Å². The van der Waals surface area contributed by atoms with E-state index in [1.54, 1.807) is 19.3 Å². The number of nitrogens with one attached hydrogen (secondary N) is 1. The highest BCUT2D eigenvalue weighted by atomic mass is 19.1. The maximum atomic E-state index is 15.7. The third-order valence-electron chi connectivity index (χ3n) is 6.47. The van der Waals surface area contributed by atoms with Crippen LogP contribution in [-0.2, 0) is 5.67 Å². The molecule has 0 spiro atoms. The molecule has 0 unspecified atom stereocenters. The smallest absolute Gasteiger partial charge is 0.258 e. The number of hydrogen-bond acceptors (Lipinski definition) is 4. The van der Waals surface area contributed by atoms with Crippen LogP contribution in [0.5, 0.6) is 0 Å². The molecule has 1 fully saturated rings. The number of fused-ring (bicyclic) bond motifs is 2. The number of H-pyrrole nitrogens is 1. The largest absolute Gasteiger partial charge is 0.307 e. The van der Waals surface area contributed by atoms with Crippen molar-refractivity contribution in [3.8, 4) is 11.1 Å². The number of pyridine rings is 1. The molecule has 9 heteroatoms. The highest BCUT2D eigenvalue weighted by molar-refractivity contribution is 5.84. The summed E-state index contributed by atoms with van der Waals surface area (Å²) in [6.45, 7) is 6.89. The molecule has 0 amide bonds. The molecule has 1 aliphatic heterocycles. The molecule has 6 nitrogen and oxygen atoms in total. The maximum Gasteiger partial charge on any atom is 0.258 e. The fraction of sp³-hybridized carbons (Fsp3) is 0.375. The Labute approximate surface area is 188 Å². The Kier molecular flexibility index (Phi) is 5.04. The molecular weight excluding hydrogens is 431 g/mol. The number of aromatic nitrogens is 4. The van der Waals surface area contributed by atoms with Crippen LogP contribution in [0, 0.1) is 18.6 Å². The third-order valence-corrected chi connectivity index (χ3v) is 6.47. The zero-order valence-corrected chi connectivity index (χ0v) is 18.6. The van der Waals surface area contributed by atoms with E-state index in [-0.39, 0.29) is 35.2 Å². The highest BCUT2D eigenvalue weighted by Gasteiger charge is 2.39. The minimum atomic E-state index is -1.82. The molecule has 3 aromatic heterocycles. The van der Waals surface area contributed by atoms with Crippen LogP contribution in [0.2, 0.25) is 0 Å². The van der Waals surface area contributed by atoms with Crippen molar-refractivity contribution in [3.05, 3.63) is 64.1 Å². The van der Waals surface area contributed by atoms with E-state index < -0.39 is 22.9 Å². The second-order valence-corrected chi connectivity index (χ2v) is 9.05. The minimum Gasteiger partial charge on any atom is -0.307 e. The van der Waals surface area contributed by atoms with Crippen LogP contribution in [0.15, 0.2) is 35.4 Å². The Bertz CT molecular complexity index is 1430. The summed E-state index contributed by atoms with van der Waals surface area (Å²) in [5.41, 5.74) is -1.14. The molecule has 0 bridgehead atoms. The van der Waals surface area contributed by atoms with Gasteiger partial charge in [0, 0.05) is 49.9 Å². The number of rotatable bonds is 3. The van der Waals surface area contributed by atoms with Gasteiger partial charge in [-0.25, -0.2) is 23.1 Å². The molecule has 1 N–H and O–H groups in total. The summed E-state index contributed by atoms with van der Waals surface area (Å²) in [6.07, 6.45) is 3.62. The summed E-state index contributed by atoms with van der Waals surface area (Å²) in [7, 11) is 0. The maximum absolute atomic E-state index is 15.7. The second-order valence-electron chi connectivity index (χ2n) is 9.05. The van der Waals surface area contributed by atoms with E-state index in [0.717, 1.165) is 0 Å². The van der Waals surface area contributed by atoms with Gasteiger partial charge in [0.15, 0.2) is 17.1 Å². The first-order valence-electron chi connectivity index (χ1n) is 11.0. The number of imidazole rings is 1. The molecular formula is C24H24F3N5O. The second kappa shape index (κ2) is 7.69. The quantitative estimate of drug-likeness (QED) is 0.494. The fourth-order valence-corrected chi connectivity index (χ4v) is 4.55. The monoisotopic (exact) mass is 455 g/mol. The van der Waals surface area contributed by atoms with Crippen molar-refractivity contribution in [3.63, 3.8) is 0 Å². The topological polar surface area (TPSA) is 66.3 Å². The molecule has 1 aromatic carbocycles. The summed E-state index contributed by atoms with van der Waals surface area (Å²) >= 11 is 0. The van der Waals surface area contributed by atoms with E-state index in [1.807, 2.05) is 13.8 Å². The lowest BCUT2D eigenvalue weighted by atomic mass is 9.91. The van der Waals surface area contributed by atoms with Crippen LogP contribution in [0.4, 0.5) is 13.2 Å². The predicted molar refractivity (Wildman–Crippen MR) is 120 cm³/mol. The normalized spacial score (nSPS) is 16.8. The van der Waals surface area contributed by atoms with Gasteiger partial charge in [-0.1, -0.05) is 0 Å². The summed E-state index contributed by atoms with van der Waals surface area (Å²) < 4.78 is 46.8. The number of benzene rings is 1. The van der Waals surface area contributed by atoms with Crippen LogP contribution in [-0.4, -0.2) is 43.4 Å². The molecule has 172 valence electrons. The predicted octanol–water partition coefficient (Wildman–Crippen LogP) is 4.49. The van der Waals surface area contributed by atoms with Crippen LogP contribution in [0.25, 0.3) is 27.7 Å². The Balaban J connectivity index is 1.57. The lowest BCUT2D eigenvalue weighted by molar-refractivity contribution is 0.0359. The van der Waals surface area contributed by atoms with Gasteiger partial charge in [-0.15, -0.1) is 0 Å². The molecule has 0 aliphatic carbocycles. The van der Waals surface area contributed by atoms with Gasteiger partial charge in [-0.05, 0) is 44.5 Å². The first-order valence-corrected chi connectivity index (χ1v) is 11.0. The van der Waals surface area contributed by atoms with Gasteiger partial charge < -0.3 is 14.3 Å². The average Bonchev–Trinajstić information content (AvgIpc) is 3.15. The van der Waals surface area contributed by atoms with Gasteiger partial charge in [-0.2, -0.15) is 0 Å². The van der Waals surface area contributed by atoms with Crippen molar-refractivity contribution in [2.75, 3.05) is 13.1 Å². The number of nitrogens with zero attached hydrogens (tertiary/aromatic N) is 4. The number of aromatic amines is 1. The van der Waals surface area contributed by atoms with Gasteiger partial charge in [0.1, 0.15) is 17.2 Å². The van der Waals surface area contributed by atoms with E-state index in [9.17, 15) is 9.18 Å². The molecule has 33 heavy (non-hydrogen) atoms. The molecule has 4 heterocycles. The highest BCUT2D eigenvalue weighted by Crippen LogP contribution is 2.36. The molecule has 0 saturated carbocycles.